The summed E-state index contributed by atoms with van der Waals surface area (Å²) in [4.78, 5) is 16.2. The molecule has 0 fully saturated rings. The molecule has 1 aromatic carbocycles. The van der Waals surface area contributed by atoms with E-state index in [1.807, 2.05) is 0 Å². The zero-order valence-electron chi connectivity index (χ0n) is 13.3. The normalized spacial score (nSPS) is 11.5. The lowest BCUT2D eigenvalue weighted by molar-refractivity contribution is 0.0990. The summed E-state index contributed by atoms with van der Waals surface area (Å²) in [5, 5.41) is 20.1. The molecular formula is C17H12BrFN4O3. The Morgan fingerprint density at radius 3 is 2.81 bits per heavy atom. The van der Waals surface area contributed by atoms with Crippen LogP contribution in [0.1, 0.15) is 27.3 Å². The summed E-state index contributed by atoms with van der Waals surface area (Å²) in [7, 11) is 0. The minimum absolute atomic E-state index is 0.0866. The molecule has 2 heterocycles. The Balaban J connectivity index is 1.81. The highest BCUT2D eigenvalue weighted by molar-refractivity contribution is 9.10. The van der Waals surface area contributed by atoms with Crippen LogP contribution in [0.5, 0.6) is 0 Å². The second kappa shape index (κ2) is 7.96. The minimum Gasteiger partial charge on any atom is -0.411 e. The molecule has 2 aromatic heterocycles. The van der Waals surface area contributed by atoms with E-state index in [1.54, 1.807) is 30.5 Å². The number of rotatable bonds is 6. The number of hydrogen-bond acceptors (Lipinski definition) is 7. The van der Waals surface area contributed by atoms with Gasteiger partial charge in [0.25, 0.3) is 0 Å². The van der Waals surface area contributed by atoms with Gasteiger partial charge in [0, 0.05) is 24.4 Å². The summed E-state index contributed by atoms with van der Waals surface area (Å²) in [5.41, 5.74) is 1.67. The largest absolute Gasteiger partial charge is 0.411 e. The molecule has 3 aromatic rings. The van der Waals surface area contributed by atoms with Gasteiger partial charge in [0.1, 0.15) is 17.2 Å². The number of Topliss-reactive ketones (excluding diaryl/α,β-unsaturated/α-hetero) is 1. The number of hydrogen-bond donors (Lipinski definition) is 1. The molecule has 26 heavy (non-hydrogen) atoms. The second-order valence-corrected chi connectivity index (χ2v) is 6.23. The lowest BCUT2D eigenvalue weighted by Gasteiger charge is -2.04. The van der Waals surface area contributed by atoms with Crippen molar-refractivity contribution in [3.63, 3.8) is 0 Å². The summed E-state index contributed by atoms with van der Waals surface area (Å²) >= 11 is 3.11. The molecule has 9 heteroatoms. The van der Waals surface area contributed by atoms with E-state index in [2.05, 4.69) is 36.4 Å². The van der Waals surface area contributed by atoms with Crippen molar-refractivity contribution in [1.29, 1.82) is 0 Å². The molecule has 0 aliphatic heterocycles. The number of carbonyl (C=O) groups excluding carboxylic acids is 1. The molecule has 3 rings (SSSR count). The predicted molar refractivity (Wildman–Crippen MR) is 92.7 cm³/mol. The van der Waals surface area contributed by atoms with Crippen molar-refractivity contribution in [2.45, 2.75) is 12.8 Å². The summed E-state index contributed by atoms with van der Waals surface area (Å²) in [6, 6.07) is 7.71. The highest BCUT2D eigenvalue weighted by Crippen LogP contribution is 2.19. The minimum atomic E-state index is -0.401. The van der Waals surface area contributed by atoms with Gasteiger partial charge in [0.05, 0.1) is 10.9 Å². The SMILES string of the molecule is O=C(Cc1nonc1C(Cc1ccc(F)c(Br)c1)=NO)c1cccnc1. The van der Waals surface area contributed by atoms with Crippen molar-refractivity contribution in [3.8, 4) is 0 Å². The van der Waals surface area contributed by atoms with Gasteiger partial charge in [-0.1, -0.05) is 16.4 Å². The number of pyridine rings is 1. The van der Waals surface area contributed by atoms with Crippen molar-refractivity contribution in [3.05, 3.63) is 75.5 Å². The van der Waals surface area contributed by atoms with Crippen LogP contribution in [0, 0.1) is 5.82 Å². The van der Waals surface area contributed by atoms with Crippen LogP contribution < -0.4 is 0 Å². The lowest BCUT2D eigenvalue weighted by Crippen LogP contribution is -2.12. The van der Waals surface area contributed by atoms with E-state index in [-0.39, 0.29) is 40.2 Å². The molecule has 0 spiro atoms. The first-order valence-electron chi connectivity index (χ1n) is 7.48. The first-order valence-corrected chi connectivity index (χ1v) is 8.27. The van der Waals surface area contributed by atoms with Crippen molar-refractivity contribution in [2.75, 3.05) is 0 Å². The predicted octanol–water partition coefficient (Wildman–Crippen LogP) is 3.21. The van der Waals surface area contributed by atoms with Gasteiger partial charge in [0.15, 0.2) is 11.5 Å². The van der Waals surface area contributed by atoms with E-state index in [4.69, 9.17) is 4.63 Å². The topological polar surface area (TPSA) is 101 Å². The van der Waals surface area contributed by atoms with E-state index < -0.39 is 5.82 Å². The quantitative estimate of drug-likeness (QED) is 0.285. The molecule has 1 N–H and O–H groups in total. The Hall–Kier alpha value is -2.94. The van der Waals surface area contributed by atoms with E-state index in [1.165, 1.54) is 12.3 Å². The highest BCUT2D eigenvalue weighted by Gasteiger charge is 2.21. The number of aromatic nitrogens is 3. The number of carbonyl (C=O) groups is 1. The van der Waals surface area contributed by atoms with Crippen LogP contribution in [0.3, 0.4) is 0 Å². The summed E-state index contributed by atoms with van der Waals surface area (Å²) in [6.45, 7) is 0. The van der Waals surface area contributed by atoms with Crippen LogP contribution in [-0.4, -0.2) is 32.0 Å². The third kappa shape index (κ3) is 3.99. The molecule has 0 atom stereocenters. The molecule has 0 unspecified atom stereocenters. The number of oxime groups is 1. The van der Waals surface area contributed by atoms with Crippen LogP contribution in [0.15, 0.2) is 57.0 Å². The number of halogens is 2. The van der Waals surface area contributed by atoms with E-state index in [0.717, 1.165) is 0 Å². The smallest absolute Gasteiger partial charge is 0.170 e. The molecule has 0 aliphatic carbocycles. The lowest BCUT2D eigenvalue weighted by atomic mass is 10.0. The van der Waals surface area contributed by atoms with Gasteiger partial charge in [-0.05, 0) is 50.9 Å². The van der Waals surface area contributed by atoms with Gasteiger partial charge >= 0.3 is 0 Å². The molecule has 0 radical (unpaired) electrons. The fourth-order valence-electron chi connectivity index (χ4n) is 2.33. The Bertz CT molecular complexity index is 960. The van der Waals surface area contributed by atoms with Gasteiger partial charge in [-0.2, -0.15) is 0 Å². The summed E-state index contributed by atoms with van der Waals surface area (Å²) in [6.07, 6.45) is 3.08. The Kier molecular flexibility index (Phi) is 5.47. The molecule has 0 saturated heterocycles. The molecule has 7 nitrogen and oxygen atoms in total. The van der Waals surface area contributed by atoms with Crippen LogP contribution in [-0.2, 0) is 12.8 Å². The third-order valence-electron chi connectivity index (χ3n) is 3.62. The van der Waals surface area contributed by atoms with E-state index in [0.29, 0.717) is 11.1 Å². The first-order chi connectivity index (χ1) is 12.6. The Morgan fingerprint density at radius 2 is 2.12 bits per heavy atom. The van der Waals surface area contributed by atoms with Crippen LogP contribution in [0.4, 0.5) is 4.39 Å². The fourth-order valence-corrected chi connectivity index (χ4v) is 2.76. The average molecular weight is 419 g/mol. The zero-order valence-corrected chi connectivity index (χ0v) is 14.9. The van der Waals surface area contributed by atoms with E-state index >= 15 is 0 Å². The Labute approximate surface area is 155 Å². The number of nitrogens with zero attached hydrogens (tertiary/aromatic N) is 4. The van der Waals surface area contributed by atoms with Crippen LogP contribution in [0.25, 0.3) is 0 Å². The van der Waals surface area contributed by atoms with Crippen LogP contribution >= 0.6 is 15.9 Å². The zero-order chi connectivity index (χ0) is 18.5. The fraction of sp³-hybridized carbons (Fsp3) is 0.118. The van der Waals surface area contributed by atoms with Crippen molar-refractivity contribution in [1.82, 2.24) is 15.3 Å². The van der Waals surface area contributed by atoms with Gasteiger partial charge in [0.2, 0.25) is 0 Å². The monoisotopic (exact) mass is 418 g/mol. The number of benzene rings is 1. The summed E-state index contributed by atoms with van der Waals surface area (Å²) < 4.78 is 18.4. The van der Waals surface area contributed by atoms with Gasteiger partial charge < -0.3 is 5.21 Å². The van der Waals surface area contributed by atoms with Gasteiger partial charge in [-0.3, -0.25) is 9.78 Å². The van der Waals surface area contributed by atoms with E-state index in [9.17, 15) is 14.4 Å². The highest BCUT2D eigenvalue weighted by atomic mass is 79.9. The third-order valence-corrected chi connectivity index (χ3v) is 4.23. The average Bonchev–Trinajstić information content (AvgIpc) is 3.11. The van der Waals surface area contributed by atoms with Crippen molar-refractivity contribution >= 4 is 27.4 Å². The molecule has 0 bridgehead atoms. The molecule has 0 aliphatic rings. The molecule has 0 amide bonds. The summed E-state index contributed by atoms with van der Waals surface area (Å²) in [5.74, 6) is -0.626. The van der Waals surface area contributed by atoms with Gasteiger partial charge in [-0.25, -0.2) is 9.02 Å². The molecular weight excluding hydrogens is 407 g/mol. The first kappa shape index (κ1) is 17.9. The van der Waals surface area contributed by atoms with Crippen LogP contribution in [0.2, 0.25) is 0 Å². The standard InChI is InChI=1S/C17H12BrFN4O3/c18-12-6-10(3-4-13(12)19)7-14(21-25)17-15(22-26-23-17)8-16(24)11-2-1-5-20-9-11/h1-6,9,25H,7-8H2. The second-order valence-electron chi connectivity index (χ2n) is 5.37. The van der Waals surface area contributed by atoms with Crippen molar-refractivity contribution < 1.29 is 19.0 Å². The maximum atomic E-state index is 13.4. The molecule has 0 saturated carbocycles. The Morgan fingerprint density at radius 1 is 1.27 bits per heavy atom. The maximum absolute atomic E-state index is 13.4. The molecule has 132 valence electrons. The van der Waals surface area contributed by atoms with Gasteiger partial charge in [-0.15, -0.1) is 0 Å². The van der Waals surface area contributed by atoms with Crippen molar-refractivity contribution in [2.24, 2.45) is 5.16 Å². The maximum Gasteiger partial charge on any atom is 0.170 e. The number of ketones is 1.